The maximum atomic E-state index is 13.7. The van der Waals surface area contributed by atoms with Crippen LogP contribution in [-0.4, -0.2) is 47.4 Å². The standard InChI is InChI=1S/C21H22FN5O3/c1-2-30-15-9-7-14(8-10-15)18-11-19-21(29)26(23-13-27(19)25-18)12-20(28)24-17-6-4-3-5-16(17)22/h3-10,13,18-19,25H,2,11-12H2,1H3,(H,24,28). The number of hydrazone groups is 1. The number of amides is 2. The molecule has 2 aromatic carbocycles. The lowest BCUT2D eigenvalue weighted by atomic mass is 10.0. The van der Waals surface area contributed by atoms with E-state index in [2.05, 4.69) is 15.8 Å². The predicted molar refractivity (Wildman–Crippen MR) is 109 cm³/mol. The monoisotopic (exact) mass is 411 g/mol. The molecular formula is C21H22FN5O3. The van der Waals surface area contributed by atoms with Crippen LogP contribution in [0.1, 0.15) is 24.9 Å². The van der Waals surface area contributed by atoms with Crippen LogP contribution in [0.3, 0.4) is 0 Å². The number of fused-ring (bicyclic) bond motifs is 1. The van der Waals surface area contributed by atoms with E-state index in [4.69, 9.17) is 4.74 Å². The maximum Gasteiger partial charge on any atom is 0.267 e. The lowest BCUT2D eigenvalue weighted by molar-refractivity contribution is -0.139. The lowest BCUT2D eigenvalue weighted by Crippen LogP contribution is -2.52. The second-order valence-electron chi connectivity index (χ2n) is 7.00. The highest BCUT2D eigenvalue weighted by molar-refractivity contribution is 5.96. The third kappa shape index (κ3) is 4.11. The molecule has 1 saturated heterocycles. The highest BCUT2D eigenvalue weighted by Crippen LogP contribution is 2.30. The number of hydrogen-bond donors (Lipinski definition) is 2. The molecule has 2 aliphatic rings. The number of rotatable bonds is 6. The zero-order valence-corrected chi connectivity index (χ0v) is 16.4. The van der Waals surface area contributed by atoms with Crippen LogP contribution in [0.5, 0.6) is 5.75 Å². The number of carbonyl (C=O) groups excluding carboxylic acids is 2. The molecule has 9 heteroatoms. The molecule has 4 rings (SSSR count). The third-order valence-corrected chi connectivity index (χ3v) is 4.99. The fraction of sp³-hybridized carbons (Fsp3) is 0.286. The SMILES string of the molecule is CCOc1ccc(C2CC3C(=O)N(CC(=O)Nc4ccccc4F)N=CN3N2)cc1. The molecule has 2 aliphatic heterocycles. The van der Waals surface area contributed by atoms with Crippen molar-refractivity contribution < 1.29 is 18.7 Å². The minimum Gasteiger partial charge on any atom is -0.494 e. The highest BCUT2D eigenvalue weighted by atomic mass is 19.1. The van der Waals surface area contributed by atoms with Crippen molar-refractivity contribution in [1.29, 1.82) is 0 Å². The molecule has 2 aromatic rings. The summed E-state index contributed by atoms with van der Waals surface area (Å²) in [5.74, 6) is -0.555. The van der Waals surface area contributed by atoms with Gasteiger partial charge in [0, 0.05) is 0 Å². The van der Waals surface area contributed by atoms with E-state index in [0.717, 1.165) is 16.3 Å². The van der Waals surface area contributed by atoms with Crippen molar-refractivity contribution in [2.24, 2.45) is 5.10 Å². The molecule has 0 aliphatic carbocycles. The third-order valence-electron chi connectivity index (χ3n) is 4.99. The molecule has 156 valence electrons. The van der Waals surface area contributed by atoms with Gasteiger partial charge in [-0.15, -0.1) is 0 Å². The second kappa shape index (κ2) is 8.50. The number of hydrogen-bond acceptors (Lipinski definition) is 6. The smallest absolute Gasteiger partial charge is 0.267 e. The largest absolute Gasteiger partial charge is 0.494 e. The van der Waals surface area contributed by atoms with Crippen LogP contribution in [-0.2, 0) is 9.59 Å². The van der Waals surface area contributed by atoms with Crippen LogP contribution in [0.15, 0.2) is 53.6 Å². The first-order chi connectivity index (χ1) is 14.5. The van der Waals surface area contributed by atoms with Gasteiger partial charge < -0.3 is 10.1 Å². The fourth-order valence-corrected chi connectivity index (χ4v) is 3.52. The summed E-state index contributed by atoms with van der Waals surface area (Å²) >= 11 is 0. The molecule has 0 radical (unpaired) electrons. The zero-order valence-electron chi connectivity index (χ0n) is 16.4. The van der Waals surface area contributed by atoms with E-state index in [-0.39, 0.29) is 24.2 Å². The Morgan fingerprint density at radius 2 is 2.03 bits per heavy atom. The van der Waals surface area contributed by atoms with Crippen molar-refractivity contribution in [2.45, 2.75) is 25.4 Å². The summed E-state index contributed by atoms with van der Waals surface area (Å²) in [6.45, 7) is 2.24. The van der Waals surface area contributed by atoms with Crippen LogP contribution in [0.2, 0.25) is 0 Å². The molecule has 30 heavy (non-hydrogen) atoms. The average molecular weight is 411 g/mol. The van der Waals surface area contributed by atoms with E-state index in [9.17, 15) is 14.0 Å². The molecule has 0 saturated carbocycles. The molecule has 0 bridgehead atoms. The Morgan fingerprint density at radius 3 is 2.77 bits per heavy atom. The van der Waals surface area contributed by atoms with Gasteiger partial charge in [-0.05, 0) is 43.2 Å². The molecule has 0 aromatic heterocycles. The first kappa shape index (κ1) is 19.8. The zero-order chi connectivity index (χ0) is 21.1. The summed E-state index contributed by atoms with van der Waals surface area (Å²) in [7, 11) is 0. The van der Waals surface area contributed by atoms with Gasteiger partial charge in [0.2, 0.25) is 5.91 Å². The number of halogens is 1. The van der Waals surface area contributed by atoms with Crippen molar-refractivity contribution in [1.82, 2.24) is 15.4 Å². The van der Waals surface area contributed by atoms with Gasteiger partial charge in [0.25, 0.3) is 5.91 Å². The minimum atomic E-state index is -0.538. The molecule has 2 atom stereocenters. The van der Waals surface area contributed by atoms with Gasteiger partial charge >= 0.3 is 0 Å². The molecule has 8 nitrogen and oxygen atoms in total. The fourth-order valence-electron chi connectivity index (χ4n) is 3.52. The van der Waals surface area contributed by atoms with Crippen molar-refractivity contribution in [3.05, 3.63) is 59.9 Å². The van der Waals surface area contributed by atoms with Crippen LogP contribution in [0.25, 0.3) is 0 Å². The molecule has 0 spiro atoms. The van der Waals surface area contributed by atoms with Crippen LogP contribution >= 0.6 is 0 Å². The van der Waals surface area contributed by atoms with Gasteiger partial charge in [0.1, 0.15) is 30.5 Å². The van der Waals surface area contributed by atoms with Crippen molar-refractivity contribution >= 4 is 23.8 Å². The Labute approximate surface area is 173 Å². The quantitative estimate of drug-likeness (QED) is 0.762. The molecule has 2 N–H and O–H groups in total. The predicted octanol–water partition coefficient (Wildman–Crippen LogP) is 2.27. The molecule has 2 unspecified atom stereocenters. The van der Waals surface area contributed by atoms with Crippen LogP contribution < -0.4 is 15.5 Å². The number of benzene rings is 2. The van der Waals surface area contributed by atoms with E-state index in [0.29, 0.717) is 13.0 Å². The van der Waals surface area contributed by atoms with Gasteiger partial charge in [0.15, 0.2) is 0 Å². The van der Waals surface area contributed by atoms with Gasteiger partial charge in [-0.1, -0.05) is 24.3 Å². The van der Waals surface area contributed by atoms with Gasteiger partial charge in [0.05, 0.1) is 18.3 Å². The molecule has 2 amide bonds. The maximum absolute atomic E-state index is 13.7. The van der Waals surface area contributed by atoms with E-state index < -0.39 is 17.8 Å². The lowest BCUT2D eigenvalue weighted by Gasteiger charge is -2.29. The van der Waals surface area contributed by atoms with E-state index >= 15 is 0 Å². The molecule has 1 fully saturated rings. The normalized spacial score (nSPS) is 20.3. The van der Waals surface area contributed by atoms with Crippen molar-refractivity contribution in [2.75, 3.05) is 18.5 Å². The van der Waals surface area contributed by atoms with E-state index in [1.807, 2.05) is 31.2 Å². The van der Waals surface area contributed by atoms with Gasteiger partial charge in [-0.3, -0.25) is 14.6 Å². The van der Waals surface area contributed by atoms with E-state index in [1.165, 1.54) is 24.5 Å². The number of para-hydroxylation sites is 1. The summed E-state index contributed by atoms with van der Waals surface area (Å²) in [6, 6.07) is 13.0. The molecule has 2 heterocycles. The number of nitrogens with zero attached hydrogens (tertiary/aromatic N) is 3. The first-order valence-electron chi connectivity index (χ1n) is 9.72. The second-order valence-corrected chi connectivity index (χ2v) is 7.00. The number of carbonyl (C=O) groups is 2. The van der Waals surface area contributed by atoms with Crippen molar-refractivity contribution in [3.8, 4) is 5.75 Å². The first-order valence-corrected chi connectivity index (χ1v) is 9.72. The van der Waals surface area contributed by atoms with Gasteiger partial charge in [-0.2, -0.15) is 5.10 Å². The van der Waals surface area contributed by atoms with Crippen LogP contribution in [0.4, 0.5) is 10.1 Å². The van der Waals surface area contributed by atoms with Crippen molar-refractivity contribution in [3.63, 3.8) is 0 Å². The number of nitrogens with one attached hydrogen (secondary N) is 2. The Kier molecular flexibility index (Phi) is 5.62. The number of anilines is 1. The minimum absolute atomic E-state index is 0.0618. The summed E-state index contributed by atoms with van der Waals surface area (Å²) < 4.78 is 19.2. The Hall–Kier alpha value is -3.46. The number of hydrazine groups is 1. The summed E-state index contributed by atoms with van der Waals surface area (Å²) in [6.07, 6.45) is 2.03. The Morgan fingerprint density at radius 1 is 1.27 bits per heavy atom. The average Bonchev–Trinajstić information content (AvgIpc) is 3.18. The molecular weight excluding hydrogens is 389 g/mol. The summed E-state index contributed by atoms with van der Waals surface area (Å²) in [4.78, 5) is 25.1. The highest BCUT2D eigenvalue weighted by Gasteiger charge is 2.41. The summed E-state index contributed by atoms with van der Waals surface area (Å²) in [5.41, 5.74) is 4.35. The Balaban J connectivity index is 1.38. The van der Waals surface area contributed by atoms with E-state index in [1.54, 1.807) is 11.1 Å². The van der Waals surface area contributed by atoms with Gasteiger partial charge in [-0.25, -0.2) is 14.8 Å². The van der Waals surface area contributed by atoms with Crippen LogP contribution in [0, 0.1) is 5.82 Å². The Bertz CT molecular complexity index is 965. The topological polar surface area (TPSA) is 86.3 Å². The summed E-state index contributed by atoms with van der Waals surface area (Å²) in [5, 5.41) is 9.31. The number of ether oxygens (including phenoxy) is 1.